The number of nitrogens with zero attached hydrogens (tertiary/aromatic N) is 1. The maximum atomic E-state index is 13.1. The maximum Gasteiger partial charge on any atom is 0.258 e. The number of carbonyl (C=O) groups is 2. The lowest BCUT2D eigenvalue weighted by molar-refractivity contribution is -0.126. The summed E-state index contributed by atoms with van der Waals surface area (Å²) in [6.07, 6.45) is 1.36. The first-order valence-electron chi connectivity index (χ1n) is 10.0. The third kappa shape index (κ3) is 4.77. The average Bonchev–Trinajstić information content (AvgIpc) is 3.23. The Bertz CT molecular complexity index is 851. The van der Waals surface area contributed by atoms with Crippen LogP contribution in [-0.2, 0) is 10.4 Å². The van der Waals surface area contributed by atoms with Gasteiger partial charge in [-0.1, -0.05) is 42.5 Å². The summed E-state index contributed by atoms with van der Waals surface area (Å²) in [7, 11) is 0. The maximum absolute atomic E-state index is 13.1. The highest BCUT2D eigenvalue weighted by atomic mass is 16.5. The molecule has 1 heterocycles. The predicted octanol–water partition coefficient (Wildman–Crippen LogP) is 2.71. The summed E-state index contributed by atoms with van der Waals surface area (Å²) in [5, 5.41) is 13.5. The lowest BCUT2D eigenvalue weighted by Crippen LogP contribution is -2.49. The Morgan fingerprint density at radius 1 is 1.17 bits per heavy atom. The topological polar surface area (TPSA) is 78.9 Å². The highest BCUT2D eigenvalue weighted by Crippen LogP contribution is 2.26. The lowest BCUT2D eigenvalue weighted by atomic mass is 9.96. The van der Waals surface area contributed by atoms with Crippen LogP contribution in [0.15, 0.2) is 54.6 Å². The van der Waals surface area contributed by atoms with Crippen molar-refractivity contribution in [3.05, 3.63) is 65.7 Å². The normalized spacial score (nSPS) is 18.2. The van der Waals surface area contributed by atoms with Crippen LogP contribution >= 0.6 is 0 Å². The van der Waals surface area contributed by atoms with E-state index in [0.29, 0.717) is 30.9 Å². The van der Waals surface area contributed by atoms with E-state index >= 15 is 0 Å². The fourth-order valence-corrected chi connectivity index (χ4v) is 3.64. The van der Waals surface area contributed by atoms with Crippen molar-refractivity contribution in [3.8, 4) is 5.75 Å². The summed E-state index contributed by atoms with van der Waals surface area (Å²) in [5.74, 6) is 0.0699. The molecular weight excluding hydrogens is 368 g/mol. The summed E-state index contributed by atoms with van der Waals surface area (Å²) >= 11 is 0. The molecule has 29 heavy (non-hydrogen) atoms. The van der Waals surface area contributed by atoms with E-state index in [9.17, 15) is 14.7 Å². The molecule has 2 amide bonds. The molecule has 6 nitrogen and oxygen atoms in total. The summed E-state index contributed by atoms with van der Waals surface area (Å²) in [6.45, 7) is 4.59. The summed E-state index contributed by atoms with van der Waals surface area (Å²) in [4.78, 5) is 27.5. The van der Waals surface area contributed by atoms with Crippen LogP contribution in [0.2, 0.25) is 0 Å². The van der Waals surface area contributed by atoms with Gasteiger partial charge in [-0.15, -0.1) is 0 Å². The van der Waals surface area contributed by atoms with Gasteiger partial charge in [-0.3, -0.25) is 9.59 Å². The van der Waals surface area contributed by atoms with Gasteiger partial charge in [0.25, 0.3) is 5.91 Å². The molecule has 0 saturated carbocycles. The van der Waals surface area contributed by atoms with Crippen molar-refractivity contribution < 1.29 is 19.4 Å². The number of likely N-dealkylation sites (tertiary alicyclic amines) is 1. The van der Waals surface area contributed by atoms with Gasteiger partial charge in [-0.25, -0.2) is 0 Å². The number of benzene rings is 2. The van der Waals surface area contributed by atoms with Gasteiger partial charge < -0.3 is 20.1 Å². The molecule has 1 fully saturated rings. The van der Waals surface area contributed by atoms with Crippen LogP contribution in [0.3, 0.4) is 0 Å². The van der Waals surface area contributed by atoms with Crippen LogP contribution < -0.4 is 10.1 Å². The van der Waals surface area contributed by atoms with Crippen molar-refractivity contribution in [3.63, 3.8) is 0 Å². The van der Waals surface area contributed by atoms with Gasteiger partial charge in [0.2, 0.25) is 5.91 Å². The van der Waals surface area contributed by atoms with Crippen LogP contribution in [0.1, 0.15) is 42.6 Å². The van der Waals surface area contributed by atoms with E-state index in [1.807, 2.05) is 43.3 Å². The molecule has 1 saturated heterocycles. The predicted molar refractivity (Wildman–Crippen MR) is 111 cm³/mol. The molecule has 2 aromatic rings. The summed E-state index contributed by atoms with van der Waals surface area (Å²) in [5.41, 5.74) is 0.00183. The van der Waals surface area contributed by atoms with Crippen molar-refractivity contribution in [1.29, 1.82) is 0 Å². The fourth-order valence-electron chi connectivity index (χ4n) is 3.64. The number of hydrogen-bond donors (Lipinski definition) is 2. The molecule has 1 aliphatic rings. The van der Waals surface area contributed by atoms with Crippen LogP contribution in [0.25, 0.3) is 0 Å². The molecule has 2 unspecified atom stereocenters. The Morgan fingerprint density at radius 2 is 1.86 bits per heavy atom. The van der Waals surface area contributed by atoms with E-state index in [4.69, 9.17) is 4.74 Å². The minimum absolute atomic E-state index is 0.0733. The average molecular weight is 396 g/mol. The molecule has 3 rings (SSSR count). The minimum atomic E-state index is -1.19. The van der Waals surface area contributed by atoms with E-state index in [2.05, 4.69) is 5.32 Å². The van der Waals surface area contributed by atoms with Crippen LogP contribution in [0.5, 0.6) is 5.75 Å². The largest absolute Gasteiger partial charge is 0.493 e. The molecule has 1 aliphatic heterocycles. The van der Waals surface area contributed by atoms with Gasteiger partial charge in [-0.2, -0.15) is 0 Å². The van der Waals surface area contributed by atoms with E-state index < -0.39 is 11.6 Å². The molecule has 2 aromatic carbocycles. The zero-order chi connectivity index (χ0) is 20.9. The van der Waals surface area contributed by atoms with Crippen molar-refractivity contribution in [2.24, 2.45) is 0 Å². The van der Waals surface area contributed by atoms with Crippen molar-refractivity contribution in [1.82, 2.24) is 10.2 Å². The molecule has 0 aliphatic carbocycles. The molecule has 0 aromatic heterocycles. The number of nitrogens with one attached hydrogen (secondary N) is 1. The van der Waals surface area contributed by atoms with Gasteiger partial charge in [-0.05, 0) is 44.4 Å². The Hall–Kier alpha value is -2.86. The quantitative estimate of drug-likeness (QED) is 0.754. The molecule has 154 valence electrons. The third-order valence-electron chi connectivity index (χ3n) is 5.24. The monoisotopic (exact) mass is 396 g/mol. The molecule has 0 radical (unpaired) electrons. The first kappa shape index (κ1) is 20.9. The summed E-state index contributed by atoms with van der Waals surface area (Å²) < 4.78 is 5.57. The Labute approximate surface area is 171 Å². The number of amides is 2. The second kappa shape index (κ2) is 9.09. The van der Waals surface area contributed by atoms with E-state index in [-0.39, 0.29) is 18.4 Å². The highest BCUT2D eigenvalue weighted by Gasteiger charge is 2.36. The van der Waals surface area contributed by atoms with Crippen molar-refractivity contribution >= 4 is 11.8 Å². The first-order chi connectivity index (χ1) is 13.9. The first-order valence-corrected chi connectivity index (χ1v) is 10.0. The molecule has 0 spiro atoms. The van der Waals surface area contributed by atoms with Gasteiger partial charge in [0.1, 0.15) is 17.4 Å². The Kier molecular flexibility index (Phi) is 6.54. The number of para-hydroxylation sites is 1. The molecule has 0 bridgehead atoms. The minimum Gasteiger partial charge on any atom is -0.493 e. The standard InChI is InChI=1S/C23H28N2O4/c1-3-29-20-14-8-7-12-18(20)22(27)25-15-9-13-19(25)21(26)24-16-23(2,28)17-10-5-4-6-11-17/h4-8,10-12,14,19,28H,3,9,13,15-16H2,1-2H3,(H,24,26). The summed E-state index contributed by atoms with van der Waals surface area (Å²) in [6, 6.07) is 15.8. The number of hydrogen-bond acceptors (Lipinski definition) is 4. The second-order valence-electron chi connectivity index (χ2n) is 7.44. The van der Waals surface area contributed by atoms with E-state index in [0.717, 1.165) is 12.0 Å². The van der Waals surface area contributed by atoms with Crippen LogP contribution in [0.4, 0.5) is 0 Å². The van der Waals surface area contributed by atoms with Gasteiger partial charge in [0.15, 0.2) is 0 Å². The van der Waals surface area contributed by atoms with E-state index in [1.165, 1.54) is 0 Å². The van der Waals surface area contributed by atoms with Gasteiger partial charge in [0.05, 0.1) is 18.7 Å². The second-order valence-corrected chi connectivity index (χ2v) is 7.44. The molecule has 6 heteroatoms. The zero-order valence-corrected chi connectivity index (χ0v) is 16.9. The zero-order valence-electron chi connectivity index (χ0n) is 16.9. The highest BCUT2D eigenvalue weighted by molar-refractivity contribution is 6.00. The smallest absolute Gasteiger partial charge is 0.258 e. The van der Waals surface area contributed by atoms with Gasteiger partial charge >= 0.3 is 0 Å². The number of ether oxygens (including phenoxy) is 1. The van der Waals surface area contributed by atoms with Crippen LogP contribution in [-0.4, -0.2) is 47.6 Å². The number of rotatable bonds is 7. The van der Waals surface area contributed by atoms with Gasteiger partial charge in [0, 0.05) is 6.54 Å². The van der Waals surface area contributed by atoms with E-state index in [1.54, 1.807) is 30.0 Å². The molecule has 2 N–H and O–H groups in total. The lowest BCUT2D eigenvalue weighted by Gasteiger charge is -2.28. The molecule has 2 atom stereocenters. The van der Waals surface area contributed by atoms with Crippen molar-refractivity contribution in [2.75, 3.05) is 19.7 Å². The fraction of sp³-hybridized carbons (Fsp3) is 0.391. The number of aliphatic hydroxyl groups is 1. The van der Waals surface area contributed by atoms with Crippen LogP contribution in [0, 0.1) is 0 Å². The Balaban J connectivity index is 1.69. The van der Waals surface area contributed by atoms with Crippen molar-refractivity contribution in [2.45, 2.75) is 38.3 Å². The number of carbonyl (C=O) groups excluding carboxylic acids is 2. The molecular formula is C23H28N2O4. The Morgan fingerprint density at radius 3 is 2.59 bits per heavy atom. The SMILES string of the molecule is CCOc1ccccc1C(=O)N1CCCC1C(=O)NCC(C)(O)c1ccccc1. The third-order valence-corrected chi connectivity index (χ3v) is 5.24.